The number of aromatic nitrogens is 2. The van der Waals surface area contributed by atoms with Crippen LogP contribution in [0.5, 0.6) is 11.5 Å². The Bertz CT molecular complexity index is 1150. The van der Waals surface area contributed by atoms with Crippen molar-refractivity contribution < 1.29 is 27.4 Å². The van der Waals surface area contributed by atoms with Crippen LogP contribution in [-0.4, -0.2) is 40.1 Å². The fourth-order valence-electron chi connectivity index (χ4n) is 3.90. The Kier molecular flexibility index (Phi) is 9.66. The molecule has 3 aromatic rings. The van der Waals surface area contributed by atoms with Gasteiger partial charge in [-0.2, -0.15) is 0 Å². The Balaban J connectivity index is 1.76. The standard InChI is InChI=1S/C29H33F3N2O3/c1-5-9-25(26(31)19(3)30)37-24-11-8-7-10-23(24)27-33-17-21(18-34-27)20-12-14-22(15-13-20)36-28(35)29(4,32)16-6-2/h7-8,10-15,17-19,25-26H,5-6,9,16H2,1-4H3. The van der Waals surface area contributed by atoms with Gasteiger partial charge in [0.1, 0.15) is 23.8 Å². The molecule has 0 N–H and O–H groups in total. The summed E-state index contributed by atoms with van der Waals surface area (Å²) in [5, 5.41) is 0. The maximum Gasteiger partial charge on any atom is 0.348 e. The molecule has 0 spiro atoms. The SMILES string of the molecule is CCCC(Oc1ccccc1-c1ncc(-c2ccc(OC(=O)C(C)(F)CCC)cc2)cn1)C(F)C(C)F. The number of halogens is 3. The van der Waals surface area contributed by atoms with E-state index in [2.05, 4.69) is 9.97 Å². The highest BCUT2D eigenvalue weighted by atomic mass is 19.2. The third kappa shape index (κ3) is 7.31. The van der Waals surface area contributed by atoms with E-state index in [-0.39, 0.29) is 12.2 Å². The van der Waals surface area contributed by atoms with Gasteiger partial charge >= 0.3 is 5.97 Å². The second kappa shape index (κ2) is 12.7. The van der Waals surface area contributed by atoms with Crippen LogP contribution in [0.1, 0.15) is 53.4 Å². The highest BCUT2D eigenvalue weighted by Crippen LogP contribution is 2.31. The van der Waals surface area contributed by atoms with Crippen LogP contribution in [0, 0.1) is 0 Å². The van der Waals surface area contributed by atoms with E-state index in [0.29, 0.717) is 42.0 Å². The van der Waals surface area contributed by atoms with Gasteiger partial charge < -0.3 is 9.47 Å². The minimum atomic E-state index is -2.04. The zero-order chi connectivity index (χ0) is 27.0. The topological polar surface area (TPSA) is 61.3 Å². The number of esters is 1. The molecular formula is C29H33F3N2O3. The van der Waals surface area contributed by atoms with E-state index in [1.165, 1.54) is 13.8 Å². The highest BCUT2D eigenvalue weighted by molar-refractivity contribution is 5.81. The summed E-state index contributed by atoms with van der Waals surface area (Å²) in [5.74, 6) is 0.0813. The van der Waals surface area contributed by atoms with Crippen LogP contribution >= 0.6 is 0 Å². The Labute approximate surface area is 216 Å². The van der Waals surface area contributed by atoms with E-state index in [1.807, 2.05) is 6.92 Å². The number of alkyl halides is 3. The number of benzene rings is 2. The Morgan fingerprint density at radius 3 is 2.22 bits per heavy atom. The predicted octanol–water partition coefficient (Wildman–Crippen LogP) is 7.49. The normalized spacial score (nSPS) is 15.3. The number of carbonyl (C=O) groups is 1. The summed E-state index contributed by atoms with van der Waals surface area (Å²) < 4.78 is 53.6. The molecule has 37 heavy (non-hydrogen) atoms. The molecule has 1 heterocycles. The van der Waals surface area contributed by atoms with Crippen molar-refractivity contribution in [3.05, 3.63) is 60.9 Å². The van der Waals surface area contributed by atoms with Gasteiger partial charge in [0.2, 0.25) is 5.67 Å². The van der Waals surface area contributed by atoms with Crippen LogP contribution in [0.15, 0.2) is 60.9 Å². The van der Waals surface area contributed by atoms with Gasteiger partial charge in [0.05, 0.1) is 5.56 Å². The molecule has 0 aliphatic rings. The highest BCUT2D eigenvalue weighted by Gasteiger charge is 2.34. The van der Waals surface area contributed by atoms with Gasteiger partial charge in [0.25, 0.3) is 0 Å². The number of para-hydroxylation sites is 1. The molecule has 0 aliphatic carbocycles. The average Bonchev–Trinajstić information content (AvgIpc) is 2.89. The molecule has 0 amide bonds. The Morgan fingerprint density at radius 2 is 1.62 bits per heavy atom. The smallest absolute Gasteiger partial charge is 0.348 e. The van der Waals surface area contributed by atoms with E-state index in [9.17, 15) is 18.0 Å². The van der Waals surface area contributed by atoms with E-state index in [1.54, 1.807) is 67.8 Å². The van der Waals surface area contributed by atoms with Gasteiger partial charge in [0, 0.05) is 18.0 Å². The summed E-state index contributed by atoms with van der Waals surface area (Å²) in [4.78, 5) is 21.0. The molecule has 3 rings (SSSR count). The first-order valence-electron chi connectivity index (χ1n) is 12.5. The lowest BCUT2D eigenvalue weighted by atomic mass is 10.0. The van der Waals surface area contributed by atoms with Gasteiger partial charge in [-0.3, -0.25) is 0 Å². The number of rotatable bonds is 12. The van der Waals surface area contributed by atoms with Crippen LogP contribution in [-0.2, 0) is 4.79 Å². The minimum absolute atomic E-state index is 0.0877. The van der Waals surface area contributed by atoms with Gasteiger partial charge in [-0.1, -0.05) is 51.0 Å². The van der Waals surface area contributed by atoms with E-state index >= 15 is 0 Å². The fraction of sp³-hybridized carbons (Fsp3) is 0.414. The fourth-order valence-corrected chi connectivity index (χ4v) is 3.90. The van der Waals surface area contributed by atoms with Crippen molar-refractivity contribution in [1.29, 1.82) is 0 Å². The number of nitrogens with zero attached hydrogens (tertiary/aromatic N) is 2. The molecular weight excluding hydrogens is 481 g/mol. The first-order valence-corrected chi connectivity index (χ1v) is 12.5. The lowest BCUT2D eigenvalue weighted by molar-refractivity contribution is -0.147. The summed E-state index contributed by atoms with van der Waals surface area (Å²) in [6.45, 7) is 6.09. The molecule has 1 aromatic heterocycles. The van der Waals surface area contributed by atoms with Crippen molar-refractivity contribution in [1.82, 2.24) is 9.97 Å². The van der Waals surface area contributed by atoms with Crippen LogP contribution in [0.2, 0.25) is 0 Å². The van der Waals surface area contributed by atoms with Crippen LogP contribution in [0.25, 0.3) is 22.5 Å². The largest absolute Gasteiger partial charge is 0.487 e. The number of hydrogen-bond donors (Lipinski definition) is 0. The molecule has 0 aliphatic heterocycles. The molecule has 5 nitrogen and oxygen atoms in total. The van der Waals surface area contributed by atoms with Gasteiger partial charge in [-0.15, -0.1) is 0 Å². The minimum Gasteiger partial charge on any atom is -0.487 e. The first-order chi connectivity index (χ1) is 17.7. The summed E-state index contributed by atoms with van der Waals surface area (Å²) >= 11 is 0. The van der Waals surface area contributed by atoms with E-state index in [0.717, 1.165) is 5.56 Å². The molecule has 0 saturated carbocycles. The second-order valence-electron chi connectivity index (χ2n) is 9.22. The van der Waals surface area contributed by atoms with E-state index in [4.69, 9.17) is 9.47 Å². The van der Waals surface area contributed by atoms with Gasteiger partial charge in [-0.25, -0.2) is 27.9 Å². The number of carbonyl (C=O) groups excluding carboxylic acids is 1. The molecule has 0 saturated heterocycles. The molecule has 8 heteroatoms. The summed E-state index contributed by atoms with van der Waals surface area (Å²) in [6, 6.07) is 13.6. The zero-order valence-corrected chi connectivity index (χ0v) is 21.6. The quantitative estimate of drug-likeness (QED) is 0.185. The van der Waals surface area contributed by atoms with Crippen molar-refractivity contribution in [3.63, 3.8) is 0 Å². The molecule has 198 valence electrons. The summed E-state index contributed by atoms with van der Waals surface area (Å²) in [5.41, 5.74) is 0.00788. The number of hydrogen-bond acceptors (Lipinski definition) is 5. The Morgan fingerprint density at radius 1 is 0.973 bits per heavy atom. The van der Waals surface area contributed by atoms with Crippen molar-refractivity contribution in [2.24, 2.45) is 0 Å². The zero-order valence-electron chi connectivity index (χ0n) is 21.6. The van der Waals surface area contributed by atoms with Crippen LogP contribution < -0.4 is 9.47 Å². The third-order valence-corrected chi connectivity index (χ3v) is 5.97. The van der Waals surface area contributed by atoms with Crippen molar-refractivity contribution in [3.8, 4) is 34.0 Å². The second-order valence-corrected chi connectivity index (χ2v) is 9.22. The third-order valence-electron chi connectivity index (χ3n) is 5.97. The molecule has 4 unspecified atom stereocenters. The van der Waals surface area contributed by atoms with Crippen molar-refractivity contribution in [2.45, 2.75) is 77.5 Å². The van der Waals surface area contributed by atoms with Crippen LogP contribution in [0.3, 0.4) is 0 Å². The lowest BCUT2D eigenvalue weighted by Crippen LogP contribution is -2.34. The van der Waals surface area contributed by atoms with Gasteiger partial charge in [0.15, 0.2) is 12.0 Å². The monoisotopic (exact) mass is 514 g/mol. The molecule has 2 aromatic carbocycles. The average molecular weight is 515 g/mol. The first kappa shape index (κ1) is 28.2. The molecule has 0 fully saturated rings. The lowest BCUT2D eigenvalue weighted by Gasteiger charge is -2.24. The maximum absolute atomic E-state index is 14.5. The van der Waals surface area contributed by atoms with Crippen LogP contribution in [0.4, 0.5) is 13.2 Å². The Hall–Kier alpha value is -3.42. The molecule has 0 bridgehead atoms. The van der Waals surface area contributed by atoms with E-state index < -0.39 is 30.1 Å². The maximum atomic E-state index is 14.5. The molecule has 4 atom stereocenters. The number of ether oxygens (including phenoxy) is 2. The van der Waals surface area contributed by atoms with Crippen molar-refractivity contribution >= 4 is 5.97 Å². The van der Waals surface area contributed by atoms with Gasteiger partial charge in [-0.05, 0) is 56.5 Å². The predicted molar refractivity (Wildman–Crippen MR) is 138 cm³/mol. The molecule has 0 radical (unpaired) electrons. The summed E-state index contributed by atoms with van der Waals surface area (Å²) in [6.07, 6.45) is 0.583. The summed E-state index contributed by atoms with van der Waals surface area (Å²) in [7, 11) is 0. The van der Waals surface area contributed by atoms with Crippen molar-refractivity contribution in [2.75, 3.05) is 0 Å².